The highest BCUT2D eigenvalue weighted by Gasteiger charge is 2.40. The van der Waals surface area contributed by atoms with Gasteiger partial charge in [0.25, 0.3) is 5.91 Å². The molecule has 0 fully saturated rings. The maximum Gasteiger partial charge on any atom is 0.261 e. The number of aromatic nitrogens is 2. The van der Waals surface area contributed by atoms with Crippen LogP contribution in [0.5, 0.6) is 0 Å². The lowest BCUT2D eigenvalue weighted by atomic mass is 9.85. The number of amides is 1. The topological polar surface area (TPSA) is 67.2 Å². The molecule has 5 nitrogen and oxygen atoms in total. The van der Waals surface area contributed by atoms with Crippen LogP contribution in [0.3, 0.4) is 0 Å². The second kappa shape index (κ2) is 6.91. The van der Waals surface area contributed by atoms with Gasteiger partial charge < -0.3 is 10.4 Å². The van der Waals surface area contributed by atoms with Crippen LogP contribution < -0.4 is 5.32 Å². The van der Waals surface area contributed by atoms with E-state index in [-0.39, 0.29) is 6.04 Å². The molecule has 3 rings (SSSR count). The van der Waals surface area contributed by atoms with Crippen molar-refractivity contribution in [1.82, 2.24) is 15.1 Å². The lowest BCUT2D eigenvalue weighted by Crippen LogP contribution is -2.46. The van der Waals surface area contributed by atoms with Crippen molar-refractivity contribution in [3.05, 3.63) is 89.7 Å². The Bertz CT molecular complexity index is 804. The summed E-state index contributed by atoms with van der Waals surface area (Å²) in [6.07, 6.45) is 3.55. The zero-order valence-electron chi connectivity index (χ0n) is 14.3. The number of aliphatic hydroxyl groups is 1. The molecule has 0 saturated carbocycles. The summed E-state index contributed by atoms with van der Waals surface area (Å²) < 4.78 is 1.68. The maximum absolute atomic E-state index is 13.1. The smallest absolute Gasteiger partial charge is 0.261 e. The summed E-state index contributed by atoms with van der Waals surface area (Å²) in [5.74, 6) is -0.471. The number of hydrogen-bond donors (Lipinski definition) is 2. The minimum atomic E-state index is -1.76. The molecule has 25 heavy (non-hydrogen) atoms. The van der Waals surface area contributed by atoms with Gasteiger partial charge in [-0.05, 0) is 18.1 Å². The quantitative estimate of drug-likeness (QED) is 0.753. The molecule has 0 saturated heterocycles. The van der Waals surface area contributed by atoms with Crippen molar-refractivity contribution in [3.8, 4) is 0 Å². The summed E-state index contributed by atoms with van der Waals surface area (Å²) >= 11 is 0. The highest BCUT2D eigenvalue weighted by Crippen LogP contribution is 2.30. The number of carbonyl (C=O) groups excluding carboxylic acids is 1. The first-order valence-electron chi connectivity index (χ1n) is 8.14. The predicted molar refractivity (Wildman–Crippen MR) is 95.6 cm³/mol. The molecule has 128 valence electrons. The van der Waals surface area contributed by atoms with Crippen molar-refractivity contribution >= 4 is 5.91 Å². The van der Waals surface area contributed by atoms with Crippen LogP contribution in [-0.4, -0.2) is 20.8 Å². The largest absolute Gasteiger partial charge is 0.372 e. The fraction of sp³-hybridized carbons (Fsp3) is 0.200. The third-order valence-corrected chi connectivity index (χ3v) is 4.28. The van der Waals surface area contributed by atoms with Crippen LogP contribution in [0.25, 0.3) is 0 Å². The summed E-state index contributed by atoms with van der Waals surface area (Å²) in [6.45, 7) is 1.87. The molecule has 3 aromatic rings. The minimum Gasteiger partial charge on any atom is -0.372 e. The van der Waals surface area contributed by atoms with Gasteiger partial charge in [-0.1, -0.05) is 60.7 Å². The van der Waals surface area contributed by atoms with Crippen LogP contribution in [-0.2, 0) is 17.4 Å². The SMILES string of the molecule is C[C@H](NC(=O)C(O)(c1ccccc1)c1ccccc1)c1cnn(C)c1. The first-order valence-corrected chi connectivity index (χ1v) is 8.14. The average molecular weight is 335 g/mol. The van der Waals surface area contributed by atoms with Crippen molar-refractivity contribution in [1.29, 1.82) is 0 Å². The molecule has 1 aromatic heterocycles. The zero-order valence-corrected chi connectivity index (χ0v) is 14.3. The third kappa shape index (κ3) is 3.32. The monoisotopic (exact) mass is 335 g/mol. The van der Waals surface area contributed by atoms with Gasteiger partial charge in [0, 0.05) is 18.8 Å². The standard InChI is InChI=1S/C20H21N3O2/c1-15(16-13-21-23(2)14-16)22-19(24)20(25,17-9-5-3-6-10-17)18-11-7-4-8-12-18/h3-15,25H,1-2H3,(H,22,24)/t15-/m0/s1. The second-order valence-electron chi connectivity index (χ2n) is 6.08. The molecule has 0 aliphatic carbocycles. The summed E-state index contributed by atoms with van der Waals surface area (Å²) in [4.78, 5) is 13.1. The Balaban J connectivity index is 1.96. The van der Waals surface area contributed by atoms with Crippen LogP contribution in [0.1, 0.15) is 29.7 Å². The van der Waals surface area contributed by atoms with Crippen LogP contribution in [0, 0.1) is 0 Å². The van der Waals surface area contributed by atoms with Crippen LogP contribution in [0.2, 0.25) is 0 Å². The zero-order chi connectivity index (χ0) is 17.9. The highest BCUT2D eigenvalue weighted by molar-refractivity contribution is 5.90. The lowest BCUT2D eigenvalue weighted by Gasteiger charge is -2.29. The molecule has 1 atom stereocenters. The van der Waals surface area contributed by atoms with Gasteiger partial charge in [0.15, 0.2) is 5.60 Å². The molecule has 0 spiro atoms. The summed E-state index contributed by atoms with van der Waals surface area (Å²) in [5, 5.41) is 18.4. The van der Waals surface area contributed by atoms with E-state index < -0.39 is 11.5 Å². The van der Waals surface area contributed by atoms with Gasteiger partial charge in [0.1, 0.15) is 0 Å². The Morgan fingerprint density at radius 2 is 1.60 bits per heavy atom. The molecule has 0 unspecified atom stereocenters. The van der Waals surface area contributed by atoms with Gasteiger partial charge in [-0.25, -0.2) is 0 Å². The number of nitrogens with one attached hydrogen (secondary N) is 1. The second-order valence-corrected chi connectivity index (χ2v) is 6.08. The van der Waals surface area contributed by atoms with Crippen molar-refractivity contribution < 1.29 is 9.90 Å². The maximum atomic E-state index is 13.1. The van der Waals surface area contributed by atoms with Gasteiger partial charge in [0.05, 0.1) is 12.2 Å². The van der Waals surface area contributed by atoms with Crippen molar-refractivity contribution in [2.24, 2.45) is 7.05 Å². The van der Waals surface area contributed by atoms with E-state index >= 15 is 0 Å². The summed E-state index contributed by atoms with van der Waals surface area (Å²) in [7, 11) is 1.82. The van der Waals surface area contributed by atoms with E-state index in [1.54, 1.807) is 59.4 Å². The van der Waals surface area contributed by atoms with E-state index in [2.05, 4.69) is 10.4 Å². The molecule has 5 heteroatoms. The fourth-order valence-electron chi connectivity index (χ4n) is 2.84. The van der Waals surface area contributed by atoms with E-state index in [4.69, 9.17) is 0 Å². The average Bonchev–Trinajstić information content (AvgIpc) is 3.09. The number of carbonyl (C=O) groups is 1. The molecule has 0 aliphatic heterocycles. The third-order valence-electron chi connectivity index (χ3n) is 4.28. The van der Waals surface area contributed by atoms with E-state index in [1.807, 2.05) is 32.3 Å². The molecular weight excluding hydrogens is 314 g/mol. The Labute approximate surface area is 146 Å². The van der Waals surface area contributed by atoms with Crippen LogP contribution in [0.15, 0.2) is 73.1 Å². The van der Waals surface area contributed by atoms with Gasteiger partial charge in [-0.15, -0.1) is 0 Å². The Morgan fingerprint density at radius 1 is 1.08 bits per heavy atom. The molecule has 0 radical (unpaired) electrons. The Morgan fingerprint density at radius 3 is 2.04 bits per heavy atom. The number of hydrogen-bond acceptors (Lipinski definition) is 3. The molecule has 1 heterocycles. The molecular formula is C20H21N3O2. The Kier molecular flexibility index (Phi) is 4.67. The van der Waals surface area contributed by atoms with Crippen LogP contribution in [0.4, 0.5) is 0 Å². The van der Waals surface area contributed by atoms with Gasteiger partial charge in [-0.3, -0.25) is 9.48 Å². The number of aryl methyl sites for hydroxylation is 1. The minimum absolute atomic E-state index is 0.278. The highest BCUT2D eigenvalue weighted by atomic mass is 16.3. The van der Waals surface area contributed by atoms with Crippen molar-refractivity contribution in [2.75, 3.05) is 0 Å². The molecule has 2 N–H and O–H groups in total. The van der Waals surface area contributed by atoms with E-state index in [0.29, 0.717) is 11.1 Å². The van der Waals surface area contributed by atoms with Crippen molar-refractivity contribution in [3.63, 3.8) is 0 Å². The van der Waals surface area contributed by atoms with Gasteiger partial charge >= 0.3 is 0 Å². The first-order chi connectivity index (χ1) is 12.0. The molecule has 2 aromatic carbocycles. The summed E-state index contributed by atoms with van der Waals surface area (Å²) in [5.41, 5.74) is 0.160. The molecule has 1 amide bonds. The summed E-state index contributed by atoms with van der Waals surface area (Å²) in [6, 6.07) is 17.7. The fourth-order valence-corrected chi connectivity index (χ4v) is 2.84. The Hall–Kier alpha value is -2.92. The normalized spacial score (nSPS) is 12.6. The number of rotatable bonds is 5. The van der Waals surface area contributed by atoms with Gasteiger partial charge in [-0.2, -0.15) is 5.10 Å². The van der Waals surface area contributed by atoms with E-state index in [9.17, 15) is 9.90 Å². The van der Waals surface area contributed by atoms with E-state index in [1.165, 1.54) is 0 Å². The van der Waals surface area contributed by atoms with Gasteiger partial charge in [0.2, 0.25) is 0 Å². The first kappa shape index (κ1) is 16.9. The predicted octanol–water partition coefficient (Wildman–Crippen LogP) is 2.53. The number of benzene rings is 2. The van der Waals surface area contributed by atoms with Crippen LogP contribution >= 0.6 is 0 Å². The molecule has 0 bridgehead atoms. The lowest BCUT2D eigenvalue weighted by molar-refractivity contribution is -0.137. The molecule has 0 aliphatic rings. The van der Waals surface area contributed by atoms with Crippen molar-refractivity contribution in [2.45, 2.75) is 18.6 Å². The van der Waals surface area contributed by atoms with E-state index in [0.717, 1.165) is 5.56 Å². The number of nitrogens with zero attached hydrogens (tertiary/aromatic N) is 2.